The highest BCUT2D eigenvalue weighted by atomic mass is 16.5. The van der Waals surface area contributed by atoms with E-state index in [0.717, 1.165) is 64.1 Å². The predicted octanol–water partition coefficient (Wildman–Crippen LogP) is 6.72. The fourth-order valence-corrected chi connectivity index (χ4v) is 5.48. The van der Waals surface area contributed by atoms with E-state index in [1.807, 2.05) is 61.5 Å². The highest BCUT2D eigenvalue weighted by molar-refractivity contribution is 5.86. The van der Waals surface area contributed by atoms with Gasteiger partial charge in [0.25, 0.3) is 5.91 Å². The topological polar surface area (TPSA) is 88.8 Å². The molecule has 6 nitrogen and oxygen atoms in total. The number of fused-ring (bicyclic) bond motifs is 2. The first kappa shape index (κ1) is 24.9. The number of hydrogen-bond acceptors (Lipinski definition) is 4. The van der Waals surface area contributed by atoms with Crippen LogP contribution in [0.3, 0.4) is 0 Å². The molecule has 0 radical (unpaired) electrons. The van der Waals surface area contributed by atoms with Crippen molar-refractivity contribution in [1.82, 2.24) is 5.32 Å². The zero-order chi connectivity index (χ0) is 25.8. The second-order valence-corrected chi connectivity index (χ2v) is 10.1. The van der Waals surface area contributed by atoms with Crippen LogP contribution < -0.4 is 10.1 Å². The monoisotopic (exact) mass is 499 g/mol. The van der Waals surface area contributed by atoms with Crippen molar-refractivity contribution in [3.05, 3.63) is 77.6 Å². The standard InChI is InChI=1S/C31H33NO5/c1-20-14-29-23(12-13-36-29)17-27(20)28(18-31(34)35)22-9-8-21-10-11-26(16-24(21)15-22)37-19-30(33)32-25-6-4-2-3-5-7-25/h8-17,25,28H,2-7,18-19H2,1H3,(H,32,33)(H,34,35). The Balaban J connectivity index is 1.36. The van der Waals surface area contributed by atoms with Crippen molar-refractivity contribution in [2.24, 2.45) is 0 Å². The van der Waals surface area contributed by atoms with Crippen LogP contribution in [-0.4, -0.2) is 29.6 Å². The number of furan rings is 1. The smallest absolute Gasteiger partial charge is 0.304 e. The third kappa shape index (κ3) is 5.96. The number of ether oxygens (including phenoxy) is 1. The summed E-state index contributed by atoms with van der Waals surface area (Å²) in [5.41, 5.74) is 3.67. The number of aryl methyl sites for hydroxylation is 1. The molecule has 1 amide bonds. The molecule has 6 heteroatoms. The van der Waals surface area contributed by atoms with Gasteiger partial charge in [-0.1, -0.05) is 49.9 Å². The molecule has 1 saturated carbocycles. The maximum atomic E-state index is 12.5. The predicted molar refractivity (Wildman–Crippen MR) is 144 cm³/mol. The van der Waals surface area contributed by atoms with Gasteiger partial charge in [-0.25, -0.2) is 0 Å². The number of rotatable bonds is 8. The lowest BCUT2D eigenvalue weighted by atomic mass is 9.84. The normalized spacial score (nSPS) is 15.4. The number of carboxylic acids is 1. The molecule has 192 valence electrons. The molecule has 4 aromatic rings. The number of benzene rings is 3. The third-order valence-corrected chi connectivity index (χ3v) is 7.42. The minimum atomic E-state index is -0.853. The molecule has 0 bridgehead atoms. The fourth-order valence-electron chi connectivity index (χ4n) is 5.48. The maximum Gasteiger partial charge on any atom is 0.304 e. The van der Waals surface area contributed by atoms with Gasteiger partial charge in [-0.2, -0.15) is 0 Å². The number of nitrogens with one attached hydrogen (secondary N) is 1. The van der Waals surface area contributed by atoms with Gasteiger partial charge in [0.15, 0.2) is 6.61 Å². The van der Waals surface area contributed by atoms with Crippen molar-refractivity contribution in [2.75, 3.05) is 6.61 Å². The summed E-state index contributed by atoms with van der Waals surface area (Å²) in [6, 6.07) is 17.9. The van der Waals surface area contributed by atoms with Crippen LogP contribution in [0.4, 0.5) is 0 Å². The molecule has 37 heavy (non-hydrogen) atoms. The number of carbonyl (C=O) groups excluding carboxylic acids is 1. The van der Waals surface area contributed by atoms with Gasteiger partial charge in [-0.05, 0) is 77.6 Å². The average molecular weight is 500 g/mol. The van der Waals surface area contributed by atoms with Crippen molar-refractivity contribution in [3.63, 3.8) is 0 Å². The van der Waals surface area contributed by atoms with Gasteiger partial charge in [0.05, 0.1) is 12.7 Å². The number of hydrogen-bond donors (Lipinski definition) is 2. The largest absolute Gasteiger partial charge is 0.484 e. The molecule has 3 aromatic carbocycles. The van der Waals surface area contributed by atoms with E-state index in [0.29, 0.717) is 5.75 Å². The molecular formula is C31H33NO5. The molecule has 0 aliphatic heterocycles. The van der Waals surface area contributed by atoms with Gasteiger partial charge in [0, 0.05) is 17.3 Å². The van der Waals surface area contributed by atoms with E-state index in [2.05, 4.69) is 5.32 Å². The quantitative estimate of drug-likeness (QED) is 0.263. The van der Waals surface area contributed by atoms with Gasteiger partial charge in [0.2, 0.25) is 0 Å². The maximum absolute atomic E-state index is 12.5. The number of aliphatic carboxylic acids is 1. The van der Waals surface area contributed by atoms with Crippen LogP contribution in [0.2, 0.25) is 0 Å². The summed E-state index contributed by atoms with van der Waals surface area (Å²) in [6.45, 7) is 1.96. The van der Waals surface area contributed by atoms with Gasteiger partial charge in [-0.3, -0.25) is 9.59 Å². The van der Waals surface area contributed by atoms with Gasteiger partial charge >= 0.3 is 5.97 Å². The van der Waals surface area contributed by atoms with Crippen LogP contribution >= 0.6 is 0 Å². The molecule has 0 saturated heterocycles. The number of amides is 1. The van der Waals surface area contributed by atoms with Gasteiger partial charge in [-0.15, -0.1) is 0 Å². The van der Waals surface area contributed by atoms with E-state index in [4.69, 9.17) is 9.15 Å². The van der Waals surface area contributed by atoms with Crippen LogP contribution in [0.1, 0.15) is 67.6 Å². The van der Waals surface area contributed by atoms with E-state index in [9.17, 15) is 14.7 Å². The Bertz CT molecular complexity index is 1410. The molecule has 0 spiro atoms. The summed E-state index contributed by atoms with van der Waals surface area (Å²) in [5, 5.41) is 15.7. The fraction of sp³-hybridized carbons (Fsp3) is 0.355. The van der Waals surface area contributed by atoms with Crippen molar-refractivity contribution >= 4 is 33.6 Å². The summed E-state index contributed by atoms with van der Waals surface area (Å²) in [7, 11) is 0. The van der Waals surface area contributed by atoms with Crippen LogP contribution in [0.5, 0.6) is 5.75 Å². The van der Waals surface area contributed by atoms with Crippen molar-refractivity contribution in [1.29, 1.82) is 0 Å². The molecule has 1 heterocycles. The van der Waals surface area contributed by atoms with E-state index < -0.39 is 5.97 Å². The lowest BCUT2D eigenvalue weighted by Crippen LogP contribution is -2.37. The van der Waals surface area contributed by atoms with Crippen LogP contribution in [0.25, 0.3) is 21.7 Å². The molecule has 1 aliphatic rings. The zero-order valence-corrected chi connectivity index (χ0v) is 21.2. The SMILES string of the molecule is Cc1cc2occc2cc1C(CC(=O)O)c1ccc2ccc(OCC(=O)NC3CCCCCC3)cc2c1. The summed E-state index contributed by atoms with van der Waals surface area (Å²) in [4.78, 5) is 24.3. The van der Waals surface area contributed by atoms with Gasteiger partial charge < -0.3 is 19.6 Å². The molecular weight excluding hydrogens is 466 g/mol. The summed E-state index contributed by atoms with van der Waals surface area (Å²) >= 11 is 0. The summed E-state index contributed by atoms with van der Waals surface area (Å²) < 4.78 is 11.4. The molecule has 2 N–H and O–H groups in total. The molecule has 1 unspecified atom stereocenters. The Morgan fingerprint density at radius 3 is 2.54 bits per heavy atom. The van der Waals surface area contributed by atoms with Crippen LogP contribution in [-0.2, 0) is 9.59 Å². The van der Waals surface area contributed by atoms with Crippen LogP contribution in [0, 0.1) is 6.92 Å². The van der Waals surface area contributed by atoms with Crippen molar-refractivity contribution in [2.45, 2.75) is 63.8 Å². The average Bonchev–Trinajstić information content (AvgIpc) is 3.18. The van der Waals surface area contributed by atoms with Crippen molar-refractivity contribution in [3.8, 4) is 5.75 Å². The second kappa shape index (κ2) is 11.1. The molecule has 1 fully saturated rings. The van der Waals surface area contributed by atoms with E-state index in [1.54, 1.807) is 6.26 Å². The molecule has 1 atom stereocenters. The van der Waals surface area contributed by atoms with Gasteiger partial charge in [0.1, 0.15) is 11.3 Å². The highest BCUT2D eigenvalue weighted by Gasteiger charge is 2.21. The Morgan fingerprint density at radius 2 is 1.76 bits per heavy atom. The van der Waals surface area contributed by atoms with Crippen molar-refractivity contribution < 1.29 is 23.8 Å². The second-order valence-electron chi connectivity index (χ2n) is 10.1. The Hall–Kier alpha value is -3.80. The van der Waals surface area contributed by atoms with E-state index >= 15 is 0 Å². The number of carboxylic acid groups (broad SMARTS) is 1. The highest BCUT2D eigenvalue weighted by Crippen LogP contribution is 2.35. The molecule has 5 rings (SSSR count). The summed E-state index contributed by atoms with van der Waals surface area (Å²) in [6.07, 6.45) is 8.51. The van der Waals surface area contributed by atoms with Crippen LogP contribution in [0.15, 0.2) is 65.3 Å². The first-order valence-electron chi connectivity index (χ1n) is 13.1. The molecule has 1 aromatic heterocycles. The third-order valence-electron chi connectivity index (χ3n) is 7.42. The van der Waals surface area contributed by atoms with E-state index in [-0.39, 0.29) is 30.9 Å². The number of carbonyl (C=O) groups is 2. The zero-order valence-electron chi connectivity index (χ0n) is 21.2. The minimum Gasteiger partial charge on any atom is -0.484 e. The first-order chi connectivity index (χ1) is 18.0. The van der Waals surface area contributed by atoms with E-state index in [1.165, 1.54) is 12.8 Å². The minimum absolute atomic E-state index is 0.0206. The lowest BCUT2D eigenvalue weighted by Gasteiger charge is -2.19. The summed E-state index contributed by atoms with van der Waals surface area (Å²) in [5.74, 6) is -0.636. The Kier molecular flexibility index (Phi) is 7.45. The Morgan fingerprint density at radius 1 is 0.973 bits per heavy atom. The first-order valence-corrected chi connectivity index (χ1v) is 13.1. The lowest BCUT2D eigenvalue weighted by molar-refractivity contribution is -0.137. The Labute approximate surface area is 216 Å². The molecule has 1 aliphatic carbocycles.